The van der Waals surface area contributed by atoms with E-state index in [0.29, 0.717) is 11.0 Å². The zero-order valence-electron chi connectivity index (χ0n) is 12.0. The molecule has 0 aliphatic carbocycles. The number of methoxy groups -OCH3 is 1. The molecule has 1 aromatic heterocycles. The van der Waals surface area contributed by atoms with E-state index in [-0.39, 0.29) is 5.82 Å². The SMILES string of the molecule is COc1ccc(Cn2ccnc2-c2cc(F)cc(Br)c2)cc1. The van der Waals surface area contributed by atoms with E-state index in [4.69, 9.17) is 4.74 Å². The molecule has 0 unspecified atom stereocenters. The fraction of sp³-hybridized carbons (Fsp3) is 0.118. The number of ether oxygens (including phenoxy) is 1. The van der Waals surface area contributed by atoms with Crippen LogP contribution in [-0.2, 0) is 6.54 Å². The Morgan fingerprint density at radius 2 is 1.95 bits per heavy atom. The molecule has 0 bridgehead atoms. The number of aromatic nitrogens is 2. The standard InChI is InChI=1S/C17H14BrFN2O/c1-22-16-4-2-12(3-5-16)11-21-7-6-20-17(21)13-8-14(18)10-15(19)9-13/h2-10H,11H2,1H3. The first-order chi connectivity index (χ1) is 10.7. The van der Waals surface area contributed by atoms with Gasteiger partial charge in [0.2, 0.25) is 0 Å². The summed E-state index contributed by atoms with van der Waals surface area (Å²) < 4.78 is 21.4. The minimum atomic E-state index is -0.289. The van der Waals surface area contributed by atoms with Gasteiger partial charge in [-0.25, -0.2) is 9.37 Å². The molecule has 2 aromatic carbocycles. The van der Waals surface area contributed by atoms with Gasteiger partial charge in [-0.1, -0.05) is 28.1 Å². The Morgan fingerprint density at radius 1 is 1.18 bits per heavy atom. The first-order valence-corrected chi connectivity index (χ1v) is 7.55. The van der Waals surface area contributed by atoms with E-state index in [1.54, 1.807) is 13.3 Å². The average Bonchev–Trinajstić information content (AvgIpc) is 2.95. The van der Waals surface area contributed by atoms with Crippen LogP contribution in [0.15, 0.2) is 59.3 Å². The van der Waals surface area contributed by atoms with Crippen molar-refractivity contribution in [3.05, 3.63) is 70.7 Å². The maximum absolute atomic E-state index is 13.6. The van der Waals surface area contributed by atoms with Gasteiger partial charge >= 0.3 is 0 Å². The summed E-state index contributed by atoms with van der Waals surface area (Å²) in [4.78, 5) is 4.35. The topological polar surface area (TPSA) is 27.1 Å². The minimum Gasteiger partial charge on any atom is -0.497 e. The van der Waals surface area contributed by atoms with Crippen LogP contribution >= 0.6 is 15.9 Å². The molecule has 22 heavy (non-hydrogen) atoms. The predicted molar refractivity (Wildman–Crippen MR) is 87.4 cm³/mol. The second kappa shape index (κ2) is 6.32. The molecular formula is C17H14BrFN2O. The van der Waals surface area contributed by atoms with Crippen molar-refractivity contribution in [2.24, 2.45) is 0 Å². The highest BCUT2D eigenvalue weighted by molar-refractivity contribution is 9.10. The molecule has 0 radical (unpaired) electrons. The lowest BCUT2D eigenvalue weighted by Crippen LogP contribution is -2.01. The van der Waals surface area contributed by atoms with Crippen LogP contribution < -0.4 is 4.74 Å². The monoisotopic (exact) mass is 360 g/mol. The molecule has 0 aliphatic rings. The molecule has 3 aromatic rings. The van der Waals surface area contributed by atoms with Crippen molar-refractivity contribution in [1.29, 1.82) is 0 Å². The third-order valence-corrected chi connectivity index (χ3v) is 3.81. The number of imidazole rings is 1. The van der Waals surface area contributed by atoms with Gasteiger partial charge in [-0.15, -0.1) is 0 Å². The van der Waals surface area contributed by atoms with Gasteiger partial charge < -0.3 is 9.30 Å². The van der Waals surface area contributed by atoms with Gasteiger partial charge in [0.15, 0.2) is 0 Å². The van der Waals surface area contributed by atoms with Crippen LogP contribution in [0.4, 0.5) is 4.39 Å². The summed E-state index contributed by atoms with van der Waals surface area (Å²) in [7, 11) is 1.64. The maximum atomic E-state index is 13.6. The Hall–Kier alpha value is -2.14. The van der Waals surface area contributed by atoms with Crippen molar-refractivity contribution in [3.8, 4) is 17.1 Å². The van der Waals surface area contributed by atoms with Crippen LogP contribution in [0.5, 0.6) is 5.75 Å². The van der Waals surface area contributed by atoms with E-state index in [2.05, 4.69) is 20.9 Å². The number of hydrogen-bond donors (Lipinski definition) is 0. The largest absolute Gasteiger partial charge is 0.497 e. The fourth-order valence-electron chi connectivity index (χ4n) is 2.31. The van der Waals surface area contributed by atoms with Crippen LogP contribution in [0.3, 0.4) is 0 Å². The summed E-state index contributed by atoms with van der Waals surface area (Å²) in [6.45, 7) is 0.660. The first kappa shape index (κ1) is 14.8. The quantitative estimate of drug-likeness (QED) is 0.684. The molecule has 112 valence electrons. The molecule has 0 fully saturated rings. The Labute approximate surface area is 136 Å². The molecular weight excluding hydrogens is 347 g/mol. The van der Waals surface area contributed by atoms with E-state index in [1.807, 2.05) is 41.1 Å². The van der Waals surface area contributed by atoms with Gasteiger partial charge in [-0.2, -0.15) is 0 Å². The minimum absolute atomic E-state index is 0.289. The maximum Gasteiger partial charge on any atom is 0.140 e. The highest BCUT2D eigenvalue weighted by atomic mass is 79.9. The fourth-order valence-corrected chi connectivity index (χ4v) is 2.77. The van der Waals surface area contributed by atoms with Gasteiger partial charge in [-0.05, 0) is 35.9 Å². The number of rotatable bonds is 4. The Morgan fingerprint density at radius 3 is 2.64 bits per heavy atom. The molecule has 3 rings (SSSR count). The first-order valence-electron chi connectivity index (χ1n) is 6.76. The highest BCUT2D eigenvalue weighted by Crippen LogP contribution is 2.24. The van der Waals surface area contributed by atoms with Crippen LogP contribution in [0.2, 0.25) is 0 Å². The van der Waals surface area contributed by atoms with E-state index in [0.717, 1.165) is 22.7 Å². The Kier molecular flexibility index (Phi) is 4.24. The lowest BCUT2D eigenvalue weighted by Gasteiger charge is -2.09. The molecule has 0 amide bonds. The van der Waals surface area contributed by atoms with Gasteiger partial charge in [0.25, 0.3) is 0 Å². The Bertz CT molecular complexity index is 763. The molecule has 0 aliphatic heterocycles. The third-order valence-electron chi connectivity index (χ3n) is 3.35. The summed E-state index contributed by atoms with van der Waals surface area (Å²) in [5.74, 6) is 1.27. The zero-order chi connectivity index (χ0) is 15.5. The van der Waals surface area contributed by atoms with E-state index in [1.165, 1.54) is 12.1 Å². The van der Waals surface area contributed by atoms with Crippen molar-refractivity contribution < 1.29 is 9.13 Å². The molecule has 0 atom stereocenters. The van der Waals surface area contributed by atoms with Crippen molar-refractivity contribution in [3.63, 3.8) is 0 Å². The van der Waals surface area contributed by atoms with Crippen LogP contribution in [0.25, 0.3) is 11.4 Å². The van der Waals surface area contributed by atoms with Crippen molar-refractivity contribution in [2.45, 2.75) is 6.54 Å². The molecule has 0 saturated carbocycles. The van der Waals surface area contributed by atoms with E-state index < -0.39 is 0 Å². The van der Waals surface area contributed by atoms with Gasteiger partial charge in [0.1, 0.15) is 17.4 Å². The normalized spacial score (nSPS) is 10.7. The second-order valence-corrected chi connectivity index (χ2v) is 5.80. The van der Waals surface area contributed by atoms with Crippen molar-refractivity contribution in [1.82, 2.24) is 9.55 Å². The predicted octanol–water partition coefficient (Wildman–Crippen LogP) is 4.51. The summed E-state index contributed by atoms with van der Waals surface area (Å²) in [5.41, 5.74) is 1.86. The summed E-state index contributed by atoms with van der Waals surface area (Å²) in [5, 5.41) is 0. The number of hydrogen-bond acceptors (Lipinski definition) is 2. The number of nitrogens with zero attached hydrogens (tertiary/aromatic N) is 2. The smallest absolute Gasteiger partial charge is 0.140 e. The van der Waals surface area contributed by atoms with Crippen LogP contribution in [0.1, 0.15) is 5.56 Å². The van der Waals surface area contributed by atoms with E-state index in [9.17, 15) is 4.39 Å². The molecule has 0 N–H and O–H groups in total. The lowest BCUT2D eigenvalue weighted by molar-refractivity contribution is 0.414. The highest BCUT2D eigenvalue weighted by Gasteiger charge is 2.09. The molecule has 1 heterocycles. The van der Waals surface area contributed by atoms with E-state index >= 15 is 0 Å². The summed E-state index contributed by atoms with van der Waals surface area (Å²) >= 11 is 3.31. The Balaban J connectivity index is 1.91. The van der Waals surface area contributed by atoms with Gasteiger partial charge in [-0.3, -0.25) is 0 Å². The molecule has 0 saturated heterocycles. The van der Waals surface area contributed by atoms with Crippen LogP contribution in [0, 0.1) is 5.82 Å². The van der Waals surface area contributed by atoms with Crippen molar-refractivity contribution in [2.75, 3.05) is 7.11 Å². The lowest BCUT2D eigenvalue weighted by atomic mass is 10.2. The molecule has 5 heteroatoms. The average molecular weight is 361 g/mol. The molecule has 0 spiro atoms. The number of benzene rings is 2. The third kappa shape index (κ3) is 3.20. The summed E-state index contributed by atoms with van der Waals surface area (Å²) in [6, 6.07) is 12.6. The van der Waals surface area contributed by atoms with Gasteiger partial charge in [0, 0.05) is 29.0 Å². The van der Waals surface area contributed by atoms with Gasteiger partial charge in [0.05, 0.1) is 7.11 Å². The summed E-state index contributed by atoms with van der Waals surface area (Å²) in [6.07, 6.45) is 3.61. The number of halogens is 2. The van der Waals surface area contributed by atoms with Crippen molar-refractivity contribution >= 4 is 15.9 Å². The zero-order valence-corrected chi connectivity index (χ0v) is 13.5. The molecule has 3 nitrogen and oxygen atoms in total. The van der Waals surface area contributed by atoms with Crippen LogP contribution in [-0.4, -0.2) is 16.7 Å². The second-order valence-electron chi connectivity index (χ2n) is 4.88.